The van der Waals surface area contributed by atoms with Gasteiger partial charge in [-0.25, -0.2) is 0 Å². The Hall–Kier alpha value is -2.53. The number of hydrogen-bond donors (Lipinski definition) is 1. The Labute approximate surface area is 139 Å². The van der Waals surface area contributed by atoms with Crippen LogP contribution in [0.1, 0.15) is 28.9 Å². The Bertz CT molecular complexity index is 823. The summed E-state index contributed by atoms with van der Waals surface area (Å²) in [5, 5.41) is 7.82. The third-order valence-electron chi connectivity index (χ3n) is 3.72. The van der Waals surface area contributed by atoms with Crippen LogP contribution in [0.2, 0.25) is 5.02 Å². The van der Waals surface area contributed by atoms with Gasteiger partial charge in [0.2, 0.25) is 0 Å². The third kappa shape index (κ3) is 3.00. The summed E-state index contributed by atoms with van der Waals surface area (Å²) in [5.41, 5.74) is 1.40. The quantitative estimate of drug-likeness (QED) is 0.798. The Kier molecular flexibility index (Phi) is 4.21. The summed E-state index contributed by atoms with van der Waals surface area (Å²) >= 11 is 6.19. The standard InChI is InChI=1S/C17H17ClN4O/c1-12(13-7-3-4-8-15(13)18)20-16(23)14-11-19-21(2)17(14)22-9-5-6-10-22/h3-12H,1-2H3,(H,20,23). The van der Waals surface area contributed by atoms with Gasteiger partial charge in [-0.3, -0.25) is 9.48 Å². The predicted molar refractivity (Wildman–Crippen MR) is 89.9 cm³/mol. The molecule has 118 valence electrons. The van der Waals surface area contributed by atoms with Crippen LogP contribution in [-0.2, 0) is 7.05 Å². The molecule has 0 radical (unpaired) electrons. The zero-order valence-corrected chi connectivity index (χ0v) is 13.7. The maximum Gasteiger partial charge on any atom is 0.257 e. The van der Waals surface area contributed by atoms with Crippen molar-refractivity contribution in [2.45, 2.75) is 13.0 Å². The van der Waals surface area contributed by atoms with Crippen molar-refractivity contribution < 1.29 is 4.79 Å². The highest BCUT2D eigenvalue weighted by Crippen LogP contribution is 2.23. The van der Waals surface area contributed by atoms with E-state index in [1.54, 1.807) is 10.9 Å². The summed E-state index contributed by atoms with van der Waals surface area (Å²) in [5.74, 6) is 0.535. The molecule has 0 saturated carbocycles. The molecule has 0 aliphatic heterocycles. The Morgan fingerprint density at radius 1 is 1.22 bits per heavy atom. The molecule has 1 N–H and O–H groups in total. The molecule has 0 saturated heterocycles. The Morgan fingerprint density at radius 3 is 2.61 bits per heavy atom. The van der Waals surface area contributed by atoms with Crippen LogP contribution in [0.5, 0.6) is 0 Å². The second kappa shape index (κ2) is 6.30. The molecule has 23 heavy (non-hydrogen) atoms. The van der Waals surface area contributed by atoms with Crippen LogP contribution in [0.25, 0.3) is 5.82 Å². The monoisotopic (exact) mass is 328 g/mol. The van der Waals surface area contributed by atoms with Gasteiger partial charge in [0.05, 0.1) is 12.2 Å². The Morgan fingerprint density at radius 2 is 1.91 bits per heavy atom. The second-order valence-corrected chi connectivity index (χ2v) is 5.72. The summed E-state index contributed by atoms with van der Waals surface area (Å²) in [6, 6.07) is 11.1. The van der Waals surface area contributed by atoms with Crippen molar-refractivity contribution in [1.29, 1.82) is 0 Å². The number of amides is 1. The van der Waals surface area contributed by atoms with E-state index in [4.69, 9.17) is 11.6 Å². The van der Waals surface area contributed by atoms with Crippen molar-refractivity contribution >= 4 is 17.5 Å². The van der Waals surface area contributed by atoms with Gasteiger partial charge in [0.25, 0.3) is 5.91 Å². The second-order valence-electron chi connectivity index (χ2n) is 5.31. The molecule has 0 bridgehead atoms. The highest BCUT2D eigenvalue weighted by molar-refractivity contribution is 6.31. The Balaban J connectivity index is 1.86. The molecule has 0 fully saturated rings. The number of nitrogens with zero attached hydrogens (tertiary/aromatic N) is 3. The van der Waals surface area contributed by atoms with Gasteiger partial charge in [0.15, 0.2) is 0 Å². The molecule has 3 aromatic rings. The van der Waals surface area contributed by atoms with Gasteiger partial charge in [-0.2, -0.15) is 5.10 Å². The molecule has 1 aromatic carbocycles. The normalized spacial score (nSPS) is 12.1. The van der Waals surface area contributed by atoms with E-state index in [-0.39, 0.29) is 11.9 Å². The average Bonchev–Trinajstić information content (AvgIpc) is 3.16. The van der Waals surface area contributed by atoms with E-state index in [9.17, 15) is 4.79 Å². The van der Waals surface area contributed by atoms with Gasteiger partial charge >= 0.3 is 0 Å². The highest BCUT2D eigenvalue weighted by atomic mass is 35.5. The number of carbonyl (C=O) groups excluding carboxylic acids is 1. The largest absolute Gasteiger partial charge is 0.345 e. The van der Waals surface area contributed by atoms with Gasteiger partial charge in [0, 0.05) is 24.5 Å². The minimum Gasteiger partial charge on any atom is -0.345 e. The van der Waals surface area contributed by atoms with E-state index >= 15 is 0 Å². The smallest absolute Gasteiger partial charge is 0.257 e. The number of rotatable bonds is 4. The van der Waals surface area contributed by atoms with E-state index in [0.717, 1.165) is 11.4 Å². The first-order valence-corrected chi connectivity index (χ1v) is 7.66. The van der Waals surface area contributed by atoms with E-state index in [1.807, 2.05) is 67.3 Å². The minimum absolute atomic E-state index is 0.186. The number of carbonyl (C=O) groups is 1. The van der Waals surface area contributed by atoms with E-state index in [0.29, 0.717) is 10.6 Å². The number of benzene rings is 1. The molecule has 1 atom stereocenters. The fraction of sp³-hybridized carbons (Fsp3) is 0.176. The first-order valence-electron chi connectivity index (χ1n) is 7.28. The first kappa shape index (κ1) is 15.4. The lowest BCUT2D eigenvalue weighted by molar-refractivity contribution is 0.0940. The summed E-state index contributed by atoms with van der Waals surface area (Å²) < 4.78 is 3.54. The molecule has 3 rings (SSSR count). The van der Waals surface area contributed by atoms with Crippen molar-refractivity contribution in [3.8, 4) is 5.82 Å². The van der Waals surface area contributed by atoms with E-state index in [2.05, 4.69) is 10.4 Å². The average molecular weight is 329 g/mol. The minimum atomic E-state index is -0.200. The number of aryl methyl sites for hydroxylation is 1. The van der Waals surface area contributed by atoms with Crippen LogP contribution < -0.4 is 5.32 Å². The zero-order valence-electron chi connectivity index (χ0n) is 12.9. The van der Waals surface area contributed by atoms with Crippen LogP contribution >= 0.6 is 11.6 Å². The van der Waals surface area contributed by atoms with Crippen LogP contribution in [-0.4, -0.2) is 20.3 Å². The van der Waals surface area contributed by atoms with Crippen molar-refractivity contribution in [3.05, 3.63) is 71.1 Å². The summed E-state index contributed by atoms with van der Waals surface area (Å²) in [7, 11) is 1.81. The maximum atomic E-state index is 12.6. The predicted octanol–water partition coefficient (Wildman–Crippen LogP) is 3.36. The SMILES string of the molecule is CC(NC(=O)c1cnn(C)c1-n1cccc1)c1ccccc1Cl. The van der Waals surface area contributed by atoms with Gasteiger partial charge < -0.3 is 9.88 Å². The molecule has 2 aromatic heterocycles. The summed E-state index contributed by atoms with van der Waals surface area (Å²) in [6.07, 6.45) is 5.33. The summed E-state index contributed by atoms with van der Waals surface area (Å²) in [4.78, 5) is 12.6. The molecule has 0 spiro atoms. The number of nitrogens with one attached hydrogen (secondary N) is 1. The van der Waals surface area contributed by atoms with Gasteiger partial charge in [0.1, 0.15) is 11.4 Å². The molecule has 2 heterocycles. The van der Waals surface area contributed by atoms with Gasteiger partial charge in [-0.15, -0.1) is 0 Å². The molecule has 0 aliphatic carbocycles. The topological polar surface area (TPSA) is 51.9 Å². The lowest BCUT2D eigenvalue weighted by atomic mass is 10.1. The van der Waals surface area contributed by atoms with E-state index < -0.39 is 0 Å². The molecule has 1 amide bonds. The number of hydrogen-bond acceptors (Lipinski definition) is 2. The van der Waals surface area contributed by atoms with Crippen molar-refractivity contribution in [3.63, 3.8) is 0 Å². The van der Waals surface area contributed by atoms with Crippen molar-refractivity contribution in [2.75, 3.05) is 0 Å². The number of halogens is 1. The molecule has 5 nitrogen and oxygen atoms in total. The molecule has 0 aliphatic rings. The zero-order chi connectivity index (χ0) is 16.4. The van der Waals surface area contributed by atoms with Crippen LogP contribution in [0.15, 0.2) is 55.0 Å². The maximum absolute atomic E-state index is 12.6. The lowest BCUT2D eigenvalue weighted by Gasteiger charge is -2.16. The van der Waals surface area contributed by atoms with Crippen LogP contribution in [0, 0.1) is 0 Å². The number of aromatic nitrogens is 3. The van der Waals surface area contributed by atoms with Crippen LogP contribution in [0.4, 0.5) is 0 Å². The fourth-order valence-electron chi connectivity index (χ4n) is 2.55. The molecular weight excluding hydrogens is 312 g/mol. The fourth-order valence-corrected chi connectivity index (χ4v) is 2.85. The summed E-state index contributed by atoms with van der Waals surface area (Å²) in [6.45, 7) is 1.91. The first-order chi connectivity index (χ1) is 11.1. The van der Waals surface area contributed by atoms with Crippen molar-refractivity contribution in [1.82, 2.24) is 19.7 Å². The molecule has 6 heteroatoms. The molecule has 1 unspecified atom stereocenters. The van der Waals surface area contributed by atoms with Gasteiger partial charge in [-0.1, -0.05) is 29.8 Å². The molecular formula is C17H17ClN4O. The van der Waals surface area contributed by atoms with Gasteiger partial charge in [-0.05, 0) is 30.7 Å². The van der Waals surface area contributed by atoms with Crippen LogP contribution in [0.3, 0.4) is 0 Å². The third-order valence-corrected chi connectivity index (χ3v) is 4.06. The lowest BCUT2D eigenvalue weighted by Crippen LogP contribution is -2.27. The van der Waals surface area contributed by atoms with Crippen molar-refractivity contribution in [2.24, 2.45) is 7.05 Å². The van der Waals surface area contributed by atoms with E-state index in [1.165, 1.54) is 0 Å². The highest BCUT2D eigenvalue weighted by Gasteiger charge is 2.20.